The first-order chi connectivity index (χ1) is 16.5. The number of ether oxygens (including phenoxy) is 1. The molecule has 2 N–H and O–H groups in total. The lowest BCUT2D eigenvalue weighted by Gasteiger charge is -2.13. The predicted molar refractivity (Wildman–Crippen MR) is 132 cm³/mol. The highest BCUT2D eigenvalue weighted by Gasteiger charge is 2.27. The SMILES string of the molecule is COCCCNC(=O)c1c(NC(=O)c2nn(-c3cccc(C)c3)ccc2=O)sc2c1CCCC2. The van der Waals surface area contributed by atoms with Crippen LogP contribution in [0.15, 0.2) is 41.3 Å². The number of carbonyl (C=O) groups is 2. The van der Waals surface area contributed by atoms with Gasteiger partial charge in [0, 0.05) is 37.4 Å². The van der Waals surface area contributed by atoms with Crippen molar-refractivity contribution in [2.24, 2.45) is 0 Å². The summed E-state index contributed by atoms with van der Waals surface area (Å²) in [6.45, 7) is 2.99. The summed E-state index contributed by atoms with van der Waals surface area (Å²) in [4.78, 5) is 39.8. The fraction of sp³-hybridized carbons (Fsp3) is 0.360. The third kappa shape index (κ3) is 5.26. The Kier molecular flexibility index (Phi) is 7.54. The van der Waals surface area contributed by atoms with Gasteiger partial charge in [0.1, 0.15) is 5.00 Å². The van der Waals surface area contributed by atoms with Gasteiger partial charge in [0.25, 0.3) is 11.8 Å². The van der Waals surface area contributed by atoms with E-state index in [4.69, 9.17) is 4.74 Å². The van der Waals surface area contributed by atoms with E-state index in [1.54, 1.807) is 7.11 Å². The molecular formula is C25H28N4O4S. The van der Waals surface area contributed by atoms with E-state index in [2.05, 4.69) is 15.7 Å². The highest BCUT2D eigenvalue weighted by Crippen LogP contribution is 2.38. The number of benzene rings is 1. The minimum Gasteiger partial charge on any atom is -0.385 e. The Morgan fingerprint density at radius 1 is 1.18 bits per heavy atom. The number of methoxy groups -OCH3 is 1. The molecule has 0 unspecified atom stereocenters. The Hall–Kier alpha value is -3.30. The molecule has 178 valence electrons. The molecular weight excluding hydrogens is 452 g/mol. The van der Waals surface area contributed by atoms with Crippen molar-refractivity contribution in [1.29, 1.82) is 0 Å². The van der Waals surface area contributed by atoms with E-state index in [0.717, 1.165) is 47.4 Å². The van der Waals surface area contributed by atoms with E-state index in [-0.39, 0.29) is 11.6 Å². The number of fused-ring (bicyclic) bond motifs is 1. The molecule has 0 bridgehead atoms. The van der Waals surface area contributed by atoms with Gasteiger partial charge >= 0.3 is 0 Å². The van der Waals surface area contributed by atoms with Crippen LogP contribution in [0, 0.1) is 6.92 Å². The average molecular weight is 481 g/mol. The van der Waals surface area contributed by atoms with Crippen LogP contribution in [0.5, 0.6) is 0 Å². The van der Waals surface area contributed by atoms with E-state index in [9.17, 15) is 14.4 Å². The zero-order valence-corrected chi connectivity index (χ0v) is 20.2. The van der Waals surface area contributed by atoms with E-state index in [1.165, 1.54) is 28.3 Å². The molecule has 1 aliphatic rings. The minimum atomic E-state index is -0.626. The molecule has 2 amide bonds. The van der Waals surface area contributed by atoms with Crippen molar-refractivity contribution >= 4 is 28.2 Å². The lowest BCUT2D eigenvalue weighted by atomic mass is 9.95. The van der Waals surface area contributed by atoms with Crippen molar-refractivity contribution in [3.05, 3.63) is 74.0 Å². The minimum absolute atomic E-state index is 0.219. The first kappa shape index (κ1) is 23.8. The summed E-state index contributed by atoms with van der Waals surface area (Å²) in [6.07, 6.45) is 5.97. The van der Waals surface area contributed by atoms with Gasteiger partial charge in [0.2, 0.25) is 5.43 Å². The molecule has 8 nitrogen and oxygen atoms in total. The summed E-state index contributed by atoms with van der Waals surface area (Å²) in [7, 11) is 1.62. The van der Waals surface area contributed by atoms with Crippen LogP contribution in [-0.2, 0) is 17.6 Å². The van der Waals surface area contributed by atoms with Gasteiger partial charge in [-0.3, -0.25) is 14.4 Å². The molecule has 0 atom stereocenters. The Bertz CT molecular complexity index is 1260. The molecule has 0 saturated heterocycles. The quantitative estimate of drug-likeness (QED) is 0.481. The number of amides is 2. The maximum absolute atomic E-state index is 13.1. The summed E-state index contributed by atoms with van der Waals surface area (Å²) in [6, 6.07) is 8.94. The van der Waals surface area contributed by atoms with E-state index in [1.807, 2.05) is 31.2 Å². The number of hydrogen-bond donors (Lipinski definition) is 2. The van der Waals surface area contributed by atoms with Crippen molar-refractivity contribution in [2.75, 3.05) is 25.6 Å². The summed E-state index contributed by atoms with van der Waals surface area (Å²) in [5.74, 6) is -0.844. The van der Waals surface area contributed by atoms with Crippen LogP contribution < -0.4 is 16.1 Å². The van der Waals surface area contributed by atoms with Crippen LogP contribution in [0.1, 0.15) is 56.1 Å². The zero-order chi connectivity index (χ0) is 24.1. The number of carbonyl (C=O) groups excluding carboxylic acids is 2. The van der Waals surface area contributed by atoms with Crippen molar-refractivity contribution in [3.8, 4) is 5.69 Å². The van der Waals surface area contributed by atoms with Crippen molar-refractivity contribution in [1.82, 2.24) is 15.1 Å². The van der Waals surface area contributed by atoms with Gasteiger partial charge in [-0.2, -0.15) is 5.10 Å². The van der Waals surface area contributed by atoms with E-state index in [0.29, 0.717) is 30.1 Å². The second-order valence-electron chi connectivity index (χ2n) is 8.28. The molecule has 1 aliphatic carbocycles. The van der Waals surface area contributed by atoms with E-state index < -0.39 is 11.3 Å². The Balaban J connectivity index is 1.62. The third-order valence-corrected chi connectivity index (χ3v) is 6.93. The summed E-state index contributed by atoms with van der Waals surface area (Å²) in [5.41, 5.74) is 2.58. The normalized spacial score (nSPS) is 12.8. The van der Waals surface area contributed by atoms with Crippen LogP contribution in [0.3, 0.4) is 0 Å². The van der Waals surface area contributed by atoms with Gasteiger partial charge in [-0.05, 0) is 62.3 Å². The molecule has 3 aromatic rings. The highest BCUT2D eigenvalue weighted by molar-refractivity contribution is 7.17. The summed E-state index contributed by atoms with van der Waals surface area (Å²) >= 11 is 1.41. The van der Waals surface area contributed by atoms with E-state index >= 15 is 0 Å². The van der Waals surface area contributed by atoms with Crippen molar-refractivity contribution in [3.63, 3.8) is 0 Å². The molecule has 0 radical (unpaired) electrons. The van der Waals surface area contributed by atoms with Crippen LogP contribution in [0.25, 0.3) is 5.69 Å². The Morgan fingerprint density at radius 3 is 2.79 bits per heavy atom. The largest absolute Gasteiger partial charge is 0.385 e. The average Bonchev–Trinajstić information content (AvgIpc) is 3.19. The van der Waals surface area contributed by atoms with Crippen LogP contribution in [-0.4, -0.2) is 41.9 Å². The lowest BCUT2D eigenvalue weighted by molar-refractivity contribution is 0.0948. The number of nitrogens with one attached hydrogen (secondary N) is 2. The van der Waals surface area contributed by atoms with Gasteiger partial charge in [0.15, 0.2) is 5.69 Å². The maximum Gasteiger partial charge on any atom is 0.280 e. The zero-order valence-electron chi connectivity index (χ0n) is 19.3. The second kappa shape index (κ2) is 10.8. The van der Waals surface area contributed by atoms with Crippen molar-refractivity contribution in [2.45, 2.75) is 39.0 Å². The summed E-state index contributed by atoms with van der Waals surface area (Å²) in [5, 5.41) is 10.5. The van der Waals surface area contributed by atoms with Gasteiger partial charge in [-0.1, -0.05) is 12.1 Å². The van der Waals surface area contributed by atoms with Gasteiger partial charge in [-0.25, -0.2) is 4.68 Å². The topological polar surface area (TPSA) is 102 Å². The van der Waals surface area contributed by atoms with Crippen LogP contribution in [0.2, 0.25) is 0 Å². The molecule has 0 aliphatic heterocycles. The monoisotopic (exact) mass is 480 g/mol. The molecule has 34 heavy (non-hydrogen) atoms. The molecule has 9 heteroatoms. The number of aryl methyl sites for hydroxylation is 2. The number of thiophene rings is 1. The molecule has 2 heterocycles. The van der Waals surface area contributed by atoms with Gasteiger partial charge < -0.3 is 15.4 Å². The number of hydrogen-bond acceptors (Lipinski definition) is 6. The fourth-order valence-corrected chi connectivity index (χ4v) is 5.32. The number of aromatic nitrogens is 2. The lowest BCUT2D eigenvalue weighted by Crippen LogP contribution is -2.29. The summed E-state index contributed by atoms with van der Waals surface area (Å²) < 4.78 is 6.55. The molecule has 0 spiro atoms. The van der Waals surface area contributed by atoms with Gasteiger partial charge in [-0.15, -0.1) is 11.3 Å². The number of nitrogens with zero attached hydrogens (tertiary/aromatic N) is 2. The first-order valence-corrected chi connectivity index (χ1v) is 12.2. The molecule has 1 aromatic carbocycles. The fourth-order valence-electron chi connectivity index (χ4n) is 4.04. The predicted octanol–water partition coefficient (Wildman–Crippen LogP) is 3.50. The first-order valence-electron chi connectivity index (χ1n) is 11.4. The van der Waals surface area contributed by atoms with Crippen molar-refractivity contribution < 1.29 is 14.3 Å². The standard InChI is InChI=1S/C25H28N4O4S/c1-16-7-5-8-17(15-16)29-13-11-19(30)22(28-29)24(32)27-25-21(23(31)26-12-6-14-33-2)18-9-3-4-10-20(18)34-25/h5,7-8,11,13,15H,3-4,6,9-10,12,14H2,1-2H3,(H,26,31)(H,27,32). The second-order valence-corrected chi connectivity index (χ2v) is 9.39. The number of anilines is 1. The highest BCUT2D eigenvalue weighted by atomic mass is 32.1. The molecule has 4 rings (SSSR count). The Morgan fingerprint density at radius 2 is 2.00 bits per heavy atom. The Labute approximate surface area is 202 Å². The molecule has 0 fully saturated rings. The maximum atomic E-state index is 13.1. The smallest absolute Gasteiger partial charge is 0.280 e. The third-order valence-electron chi connectivity index (χ3n) is 5.73. The van der Waals surface area contributed by atoms with Gasteiger partial charge in [0.05, 0.1) is 11.3 Å². The molecule has 2 aromatic heterocycles. The number of rotatable bonds is 8. The van der Waals surface area contributed by atoms with Crippen LogP contribution in [0.4, 0.5) is 5.00 Å². The van der Waals surface area contributed by atoms with Crippen LogP contribution >= 0.6 is 11.3 Å². The molecule has 0 saturated carbocycles.